The summed E-state index contributed by atoms with van der Waals surface area (Å²) in [5, 5.41) is 3.19. The van der Waals surface area contributed by atoms with Gasteiger partial charge < -0.3 is 20.9 Å². The molecule has 0 atom stereocenters. The van der Waals surface area contributed by atoms with Gasteiger partial charge in [0, 0.05) is 43.3 Å². The molecule has 3 N–H and O–H groups in total. The fourth-order valence-corrected chi connectivity index (χ4v) is 4.01. The number of nitrogens with one attached hydrogen (secondary N) is 1. The number of rotatable bonds is 0. The number of hydrogen-bond donors (Lipinski definition) is 2. The van der Waals surface area contributed by atoms with Gasteiger partial charge in [0.15, 0.2) is 0 Å². The second-order valence-corrected chi connectivity index (χ2v) is 7.48. The van der Waals surface area contributed by atoms with Crippen LogP contribution in [0.1, 0.15) is 40.5 Å². The molecule has 2 aliphatic heterocycles. The molecule has 0 radical (unpaired) electrons. The molecule has 120 valence electrons. The maximum absolute atomic E-state index is 12.8. The highest BCUT2D eigenvalue weighted by molar-refractivity contribution is 6.35. The predicted molar refractivity (Wildman–Crippen MR) is 81.7 cm³/mol. The first-order valence-electron chi connectivity index (χ1n) is 7.75. The number of likely N-dealkylation sites (tertiary alicyclic amines) is 1. The Labute approximate surface area is 127 Å². The van der Waals surface area contributed by atoms with Crippen molar-refractivity contribution in [1.82, 2.24) is 15.1 Å². The molecule has 2 amide bonds. The van der Waals surface area contributed by atoms with Crippen LogP contribution in [0.5, 0.6) is 0 Å². The van der Waals surface area contributed by atoms with Gasteiger partial charge in [0.2, 0.25) is 0 Å². The van der Waals surface area contributed by atoms with E-state index in [2.05, 4.69) is 5.32 Å². The van der Waals surface area contributed by atoms with Crippen molar-refractivity contribution >= 4 is 11.8 Å². The van der Waals surface area contributed by atoms with Crippen molar-refractivity contribution in [3.8, 4) is 0 Å². The van der Waals surface area contributed by atoms with Gasteiger partial charge in [0.05, 0.1) is 0 Å². The summed E-state index contributed by atoms with van der Waals surface area (Å²) in [5.74, 6) is -0.771. The number of amides is 2. The number of piperidine rings is 1. The number of hydrogen-bond acceptors (Lipinski definition) is 4. The highest BCUT2D eigenvalue weighted by Crippen LogP contribution is 2.38. The van der Waals surface area contributed by atoms with Crippen molar-refractivity contribution in [2.24, 2.45) is 5.73 Å². The molecular weight excluding hydrogens is 268 g/mol. The third-order valence-corrected chi connectivity index (χ3v) is 4.52. The summed E-state index contributed by atoms with van der Waals surface area (Å²) in [6.07, 6.45) is 1.44. The van der Waals surface area contributed by atoms with E-state index in [1.54, 1.807) is 9.80 Å². The lowest BCUT2D eigenvalue weighted by Crippen LogP contribution is -2.67. The number of nitrogens with zero attached hydrogens (tertiary/aromatic N) is 2. The average molecular weight is 296 g/mol. The van der Waals surface area contributed by atoms with Crippen LogP contribution in [-0.2, 0) is 9.59 Å². The second kappa shape index (κ2) is 5.57. The molecular formula is C15H28N4O2. The summed E-state index contributed by atoms with van der Waals surface area (Å²) in [4.78, 5) is 28.7. The van der Waals surface area contributed by atoms with Crippen LogP contribution in [0.15, 0.2) is 0 Å². The quantitative estimate of drug-likeness (QED) is 0.613. The van der Waals surface area contributed by atoms with Crippen molar-refractivity contribution in [3.05, 3.63) is 0 Å². The van der Waals surface area contributed by atoms with Gasteiger partial charge in [0.25, 0.3) is 0 Å². The Kier molecular flexibility index (Phi) is 4.31. The van der Waals surface area contributed by atoms with Crippen molar-refractivity contribution in [3.63, 3.8) is 0 Å². The normalized spacial score (nSPS) is 25.8. The standard InChI is InChI=1S/C15H28N4O2/c1-14(2)9-11(16)10-15(3,4)19(14)13(21)12(20)18-7-5-17-6-8-18/h11,17H,5-10,16H2,1-4H3. The minimum Gasteiger partial charge on any atom is -0.332 e. The molecule has 0 bridgehead atoms. The van der Waals surface area contributed by atoms with Gasteiger partial charge in [-0.2, -0.15) is 0 Å². The molecule has 0 aromatic heterocycles. The Bertz CT molecular complexity index is 409. The Morgan fingerprint density at radius 3 is 1.95 bits per heavy atom. The summed E-state index contributed by atoms with van der Waals surface area (Å²) in [6, 6.07) is 0.0633. The van der Waals surface area contributed by atoms with Crippen LogP contribution in [0.3, 0.4) is 0 Å². The Morgan fingerprint density at radius 2 is 1.48 bits per heavy atom. The number of carbonyl (C=O) groups excluding carboxylic acids is 2. The van der Waals surface area contributed by atoms with E-state index in [0.29, 0.717) is 13.1 Å². The van der Waals surface area contributed by atoms with Crippen molar-refractivity contribution in [1.29, 1.82) is 0 Å². The Balaban J connectivity index is 2.20. The molecule has 6 nitrogen and oxygen atoms in total. The highest BCUT2D eigenvalue weighted by Gasteiger charge is 2.49. The molecule has 0 aromatic carbocycles. The minimum absolute atomic E-state index is 0.0633. The zero-order valence-electron chi connectivity index (χ0n) is 13.6. The van der Waals surface area contributed by atoms with E-state index in [1.165, 1.54) is 0 Å². The van der Waals surface area contributed by atoms with Crippen molar-refractivity contribution < 1.29 is 9.59 Å². The number of piperazine rings is 1. The van der Waals surface area contributed by atoms with Crippen LogP contribution < -0.4 is 11.1 Å². The maximum Gasteiger partial charge on any atom is 0.312 e. The maximum atomic E-state index is 12.8. The molecule has 0 aromatic rings. The van der Waals surface area contributed by atoms with Gasteiger partial charge >= 0.3 is 11.8 Å². The number of carbonyl (C=O) groups is 2. The van der Waals surface area contributed by atoms with Gasteiger partial charge in [0.1, 0.15) is 0 Å². The van der Waals surface area contributed by atoms with Crippen LogP contribution in [0.2, 0.25) is 0 Å². The molecule has 6 heteroatoms. The zero-order chi connectivity index (χ0) is 15.8. The molecule has 2 aliphatic rings. The lowest BCUT2D eigenvalue weighted by Gasteiger charge is -2.54. The molecule has 2 heterocycles. The van der Waals surface area contributed by atoms with Crippen LogP contribution in [0.25, 0.3) is 0 Å². The summed E-state index contributed by atoms with van der Waals surface area (Å²) < 4.78 is 0. The van der Waals surface area contributed by atoms with Gasteiger partial charge in [-0.05, 0) is 40.5 Å². The summed E-state index contributed by atoms with van der Waals surface area (Å²) in [6.45, 7) is 10.7. The predicted octanol–water partition coefficient (Wildman–Crippen LogP) is -0.0749. The molecule has 2 fully saturated rings. The fourth-order valence-electron chi connectivity index (χ4n) is 4.01. The zero-order valence-corrected chi connectivity index (χ0v) is 13.6. The Hall–Kier alpha value is -1.14. The molecule has 0 spiro atoms. The largest absolute Gasteiger partial charge is 0.332 e. The smallest absolute Gasteiger partial charge is 0.312 e. The van der Waals surface area contributed by atoms with Crippen LogP contribution >= 0.6 is 0 Å². The topological polar surface area (TPSA) is 78.7 Å². The van der Waals surface area contributed by atoms with Crippen LogP contribution in [0, 0.1) is 0 Å². The summed E-state index contributed by atoms with van der Waals surface area (Å²) >= 11 is 0. The Morgan fingerprint density at radius 1 is 1.00 bits per heavy atom. The third kappa shape index (κ3) is 3.21. The van der Waals surface area contributed by atoms with E-state index in [1.807, 2.05) is 27.7 Å². The molecule has 2 saturated heterocycles. The van der Waals surface area contributed by atoms with E-state index < -0.39 is 17.0 Å². The van der Waals surface area contributed by atoms with E-state index in [4.69, 9.17) is 5.73 Å². The summed E-state index contributed by atoms with van der Waals surface area (Å²) in [5.41, 5.74) is 5.32. The fraction of sp³-hybridized carbons (Fsp3) is 0.867. The molecule has 0 unspecified atom stereocenters. The molecule has 0 saturated carbocycles. The number of nitrogens with two attached hydrogens (primary N) is 1. The monoisotopic (exact) mass is 296 g/mol. The second-order valence-electron chi connectivity index (χ2n) is 7.48. The average Bonchev–Trinajstić information content (AvgIpc) is 2.35. The van der Waals surface area contributed by atoms with E-state index >= 15 is 0 Å². The molecule has 0 aliphatic carbocycles. The van der Waals surface area contributed by atoms with Gasteiger partial charge in [-0.1, -0.05) is 0 Å². The summed E-state index contributed by atoms with van der Waals surface area (Å²) in [7, 11) is 0. The lowest BCUT2D eigenvalue weighted by molar-refractivity contribution is -0.164. The first kappa shape index (κ1) is 16.2. The third-order valence-electron chi connectivity index (χ3n) is 4.52. The van der Waals surface area contributed by atoms with Crippen molar-refractivity contribution in [2.45, 2.75) is 57.7 Å². The van der Waals surface area contributed by atoms with Gasteiger partial charge in [-0.25, -0.2) is 0 Å². The van der Waals surface area contributed by atoms with E-state index in [0.717, 1.165) is 25.9 Å². The van der Waals surface area contributed by atoms with Crippen LogP contribution in [0.4, 0.5) is 0 Å². The van der Waals surface area contributed by atoms with Gasteiger partial charge in [-0.15, -0.1) is 0 Å². The molecule has 21 heavy (non-hydrogen) atoms. The van der Waals surface area contributed by atoms with E-state index in [9.17, 15) is 9.59 Å². The van der Waals surface area contributed by atoms with Crippen molar-refractivity contribution in [2.75, 3.05) is 26.2 Å². The first-order chi connectivity index (χ1) is 9.65. The minimum atomic E-state index is -0.401. The van der Waals surface area contributed by atoms with Crippen LogP contribution in [-0.4, -0.2) is 64.9 Å². The SMILES string of the molecule is CC1(C)CC(N)CC(C)(C)N1C(=O)C(=O)N1CCNCC1. The van der Waals surface area contributed by atoms with Gasteiger partial charge in [-0.3, -0.25) is 9.59 Å². The first-order valence-corrected chi connectivity index (χ1v) is 7.75. The van der Waals surface area contributed by atoms with E-state index in [-0.39, 0.29) is 11.9 Å². The highest BCUT2D eigenvalue weighted by atomic mass is 16.2. The molecule has 2 rings (SSSR count). The lowest BCUT2D eigenvalue weighted by atomic mass is 9.77.